The Balaban J connectivity index is 1.92. The third kappa shape index (κ3) is 6.98. The lowest BCUT2D eigenvalue weighted by Gasteiger charge is -2.28. The zero-order chi connectivity index (χ0) is 21.9. The molecular weight excluding hydrogens is 390 g/mol. The van der Waals surface area contributed by atoms with Crippen molar-refractivity contribution in [3.8, 4) is 0 Å². The van der Waals surface area contributed by atoms with E-state index in [9.17, 15) is 19.7 Å². The number of nitrogens with zero attached hydrogens (tertiary/aromatic N) is 2. The Hall–Kier alpha value is -2.68. The van der Waals surface area contributed by atoms with Gasteiger partial charge in [-0.05, 0) is 24.5 Å². The second-order valence-electron chi connectivity index (χ2n) is 7.36. The minimum absolute atomic E-state index is 0.0425. The number of benzene rings is 1. The number of carbonyl (C=O) groups excluding carboxylic acids is 2. The first-order valence-electron chi connectivity index (χ1n) is 10.5. The summed E-state index contributed by atoms with van der Waals surface area (Å²) in [5.74, 6) is -0.738. The summed E-state index contributed by atoms with van der Waals surface area (Å²) in [4.78, 5) is 37.1. The number of ether oxygens (including phenoxy) is 2. The fraction of sp³-hybridized carbons (Fsp3) is 0.619. The van der Waals surface area contributed by atoms with Crippen molar-refractivity contribution in [3.63, 3.8) is 0 Å². The van der Waals surface area contributed by atoms with Crippen LogP contribution in [-0.4, -0.2) is 56.3 Å². The summed E-state index contributed by atoms with van der Waals surface area (Å²) in [6, 6.07) is 4.22. The highest BCUT2D eigenvalue weighted by molar-refractivity contribution is 5.93. The summed E-state index contributed by atoms with van der Waals surface area (Å²) in [6.45, 7) is 6.42. The summed E-state index contributed by atoms with van der Waals surface area (Å²) < 4.78 is 10.3. The van der Waals surface area contributed by atoms with Crippen LogP contribution in [0.1, 0.15) is 49.9 Å². The van der Waals surface area contributed by atoms with E-state index < -0.39 is 17.5 Å². The fourth-order valence-electron chi connectivity index (χ4n) is 3.34. The van der Waals surface area contributed by atoms with Crippen LogP contribution in [0.4, 0.5) is 11.4 Å². The number of morpholine rings is 1. The van der Waals surface area contributed by atoms with Gasteiger partial charge in [0.1, 0.15) is 5.69 Å². The van der Waals surface area contributed by atoms with E-state index in [1.165, 1.54) is 12.1 Å². The lowest BCUT2D eigenvalue weighted by atomic mass is 9.99. The van der Waals surface area contributed by atoms with Gasteiger partial charge in [-0.2, -0.15) is 0 Å². The average molecular weight is 421 g/mol. The molecule has 1 fully saturated rings. The number of nitro benzene ring substituents is 1. The number of rotatable bonds is 11. The first-order valence-corrected chi connectivity index (χ1v) is 10.5. The molecule has 9 heteroatoms. The van der Waals surface area contributed by atoms with Crippen LogP contribution in [0.5, 0.6) is 0 Å². The van der Waals surface area contributed by atoms with Gasteiger partial charge >= 0.3 is 5.97 Å². The monoisotopic (exact) mass is 421 g/mol. The zero-order valence-electron chi connectivity index (χ0n) is 17.7. The van der Waals surface area contributed by atoms with Gasteiger partial charge in [0.2, 0.25) is 0 Å². The summed E-state index contributed by atoms with van der Waals surface area (Å²) in [5, 5.41) is 14.3. The maximum atomic E-state index is 12.3. The number of nitro groups is 1. The van der Waals surface area contributed by atoms with E-state index in [0.29, 0.717) is 44.5 Å². The van der Waals surface area contributed by atoms with Crippen LogP contribution in [0.3, 0.4) is 0 Å². The second-order valence-corrected chi connectivity index (χ2v) is 7.36. The molecule has 0 unspecified atom stereocenters. The van der Waals surface area contributed by atoms with Crippen molar-refractivity contribution >= 4 is 23.3 Å². The Morgan fingerprint density at radius 2 is 2.03 bits per heavy atom. The summed E-state index contributed by atoms with van der Waals surface area (Å²) >= 11 is 0. The van der Waals surface area contributed by atoms with E-state index in [1.807, 2.05) is 4.90 Å². The smallest absolute Gasteiger partial charge is 0.338 e. The molecule has 0 spiro atoms. The molecule has 0 saturated carbocycles. The molecule has 2 rings (SSSR count). The Bertz CT molecular complexity index is 733. The zero-order valence-corrected chi connectivity index (χ0v) is 17.7. The third-order valence-electron chi connectivity index (χ3n) is 5.23. The van der Waals surface area contributed by atoms with Crippen LogP contribution in [0.25, 0.3) is 0 Å². The largest absolute Gasteiger partial charge is 0.452 e. The van der Waals surface area contributed by atoms with Gasteiger partial charge in [0, 0.05) is 25.7 Å². The van der Waals surface area contributed by atoms with Crippen molar-refractivity contribution in [3.05, 3.63) is 33.9 Å². The van der Waals surface area contributed by atoms with E-state index >= 15 is 0 Å². The van der Waals surface area contributed by atoms with Crippen LogP contribution in [0.15, 0.2) is 18.2 Å². The molecule has 1 N–H and O–H groups in total. The molecule has 1 aromatic rings. The summed E-state index contributed by atoms with van der Waals surface area (Å²) in [6.07, 6.45) is 4.24. The SMILES string of the molecule is CCCC[C@H](CC)CNC(=O)COC(=O)c1ccc(N2CCOCC2)c([N+](=O)[O-])c1. The van der Waals surface area contributed by atoms with Gasteiger partial charge in [-0.3, -0.25) is 14.9 Å². The molecule has 0 radical (unpaired) electrons. The molecule has 1 aromatic carbocycles. The van der Waals surface area contributed by atoms with E-state index in [2.05, 4.69) is 19.2 Å². The van der Waals surface area contributed by atoms with Crippen molar-refractivity contribution < 1.29 is 24.0 Å². The van der Waals surface area contributed by atoms with Gasteiger partial charge in [-0.1, -0.05) is 33.1 Å². The third-order valence-corrected chi connectivity index (χ3v) is 5.23. The molecule has 1 aliphatic rings. The molecule has 1 amide bonds. The first kappa shape index (κ1) is 23.6. The Kier molecular flexibility index (Phi) is 9.53. The van der Waals surface area contributed by atoms with Crippen molar-refractivity contribution in [1.29, 1.82) is 0 Å². The van der Waals surface area contributed by atoms with Gasteiger partial charge in [-0.15, -0.1) is 0 Å². The van der Waals surface area contributed by atoms with Gasteiger partial charge < -0.3 is 19.7 Å². The predicted octanol–water partition coefficient (Wildman–Crippen LogP) is 2.92. The molecule has 1 atom stereocenters. The fourth-order valence-corrected chi connectivity index (χ4v) is 3.34. The normalized spacial score (nSPS) is 14.8. The predicted molar refractivity (Wildman–Crippen MR) is 113 cm³/mol. The number of hydrogen-bond acceptors (Lipinski definition) is 7. The van der Waals surface area contributed by atoms with E-state index in [1.54, 1.807) is 6.07 Å². The maximum absolute atomic E-state index is 12.3. The highest BCUT2D eigenvalue weighted by atomic mass is 16.6. The number of hydrogen-bond donors (Lipinski definition) is 1. The van der Waals surface area contributed by atoms with Gasteiger partial charge in [-0.25, -0.2) is 4.79 Å². The van der Waals surface area contributed by atoms with Gasteiger partial charge in [0.25, 0.3) is 11.6 Å². The van der Waals surface area contributed by atoms with Crippen LogP contribution in [-0.2, 0) is 14.3 Å². The van der Waals surface area contributed by atoms with Gasteiger partial charge in [0.05, 0.1) is 23.7 Å². The highest BCUT2D eigenvalue weighted by Crippen LogP contribution is 2.30. The lowest BCUT2D eigenvalue weighted by molar-refractivity contribution is -0.384. The highest BCUT2D eigenvalue weighted by Gasteiger charge is 2.24. The molecule has 1 heterocycles. The number of unbranched alkanes of at least 4 members (excludes halogenated alkanes) is 1. The summed E-state index contributed by atoms with van der Waals surface area (Å²) in [7, 11) is 0. The van der Waals surface area contributed by atoms with Crippen molar-refractivity contribution in [2.45, 2.75) is 39.5 Å². The lowest BCUT2D eigenvalue weighted by Crippen LogP contribution is -2.36. The van der Waals surface area contributed by atoms with E-state index in [4.69, 9.17) is 9.47 Å². The van der Waals surface area contributed by atoms with Crippen LogP contribution < -0.4 is 10.2 Å². The maximum Gasteiger partial charge on any atom is 0.338 e. The van der Waals surface area contributed by atoms with Crippen LogP contribution in [0, 0.1) is 16.0 Å². The molecule has 0 aliphatic carbocycles. The van der Waals surface area contributed by atoms with Crippen LogP contribution >= 0.6 is 0 Å². The van der Waals surface area contributed by atoms with E-state index in [0.717, 1.165) is 25.7 Å². The Morgan fingerprint density at radius 1 is 1.30 bits per heavy atom. The first-order chi connectivity index (χ1) is 14.5. The Morgan fingerprint density at radius 3 is 2.67 bits per heavy atom. The minimum atomic E-state index is -0.764. The molecule has 0 aromatic heterocycles. The molecule has 0 bridgehead atoms. The van der Waals surface area contributed by atoms with Crippen molar-refractivity contribution in [2.75, 3.05) is 44.4 Å². The molecule has 1 aliphatic heterocycles. The molecule has 9 nitrogen and oxygen atoms in total. The number of carbonyl (C=O) groups is 2. The van der Waals surface area contributed by atoms with Crippen molar-refractivity contribution in [2.24, 2.45) is 5.92 Å². The Labute approximate surface area is 176 Å². The molecular formula is C21H31N3O6. The van der Waals surface area contributed by atoms with Crippen molar-refractivity contribution in [1.82, 2.24) is 5.32 Å². The molecule has 1 saturated heterocycles. The quantitative estimate of drug-likeness (QED) is 0.332. The van der Waals surface area contributed by atoms with Crippen LogP contribution in [0.2, 0.25) is 0 Å². The number of esters is 1. The number of anilines is 1. The standard InChI is InChI=1S/C21H31N3O6/c1-3-5-6-16(4-2)14-22-20(25)15-30-21(26)17-7-8-18(19(13-17)24(27)28)23-9-11-29-12-10-23/h7-8,13,16H,3-6,9-12,14-15H2,1-2H3,(H,22,25)/t16-/m0/s1. The average Bonchev–Trinajstić information content (AvgIpc) is 2.77. The topological polar surface area (TPSA) is 111 Å². The number of nitrogens with one attached hydrogen (secondary N) is 1. The molecule has 166 valence electrons. The van der Waals surface area contributed by atoms with E-state index in [-0.39, 0.29) is 17.2 Å². The summed E-state index contributed by atoms with van der Waals surface area (Å²) in [5.41, 5.74) is 0.314. The second kappa shape index (κ2) is 12.1. The minimum Gasteiger partial charge on any atom is -0.452 e. The molecule has 30 heavy (non-hydrogen) atoms. The van der Waals surface area contributed by atoms with Gasteiger partial charge in [0.15, 0.2) is 6.61 Å². The number of amides is 1.